The highest BCUT2D eigenvalue weighted by Crippen LogP contribution is 2.70. The molecule has 2 amide bonds. The van der Waals surface area contributed by atoms with E-state index in [1.807, 2.05) is 0 Å². The number of hydrogen-bond acceptors (Lipinski definition) is 6. The first kappa shape index (κ1) is 31.4. The van der Waals surface area contributed by atoms with E-state index < -0.39 is 48.8 Å². The van der Waals surface area contributed by atoms with Gasteiger partial charge in [-0.05, 0) is 49.1 Å². The van der Waals surface area contributed by atoms with Crippen molar-refractivity contribution in [1.82, 2.24) is 40.2 Å². The topological polar surface area (TPSA) is 123 Å². The number of fused-ring (bicyclic) bond motifs is 1. The maximum absolute atomic E-state index is 14.1. The van der Waals surface area contributed by atoms with Crippen LogP contribution in [0.4, 0.5) is 22.0 Å². The fraction of sp³-hybridized carbons (Fsp3) is 0.645. The largest absolute Gasteiger partial charge is 0.389 e. The van der Waals surface area contributed by atoms with Crippen LogP contribution in [0.2, 0.25) is 0 Å². The zero-order valence-corrected chi connectivity index (χ0v) is 25.4. The zero-order valence-electron chi connectivity index (χ0n) is 25.4. The number of halogens is 5. The van der Waals surface area contributed by atoms with Crippen molar-refractivity contribution in [3.05, 3.63) is 53.0 Å². The molecule has 3 heterocycles. The maximum Gasteiger partial charge on any atom is 0.389 e. The molecule has 5 aliphatic rings. The highest BCUT2D eigenvalue weighted by Gasteiger charge is 2.74. The predicted octanol–water partition coefficient (Wildman–Crippen LogP) is 5.37. The van der Waals surface area contributed by atoms with Gasteiger partial charge in [-0.2, -0.15) is 18.3 Å². The number of aromatic nitrogens is 6. The molecule has 2 bridgehead atoms. The van der Waals surface area contributed by atoms with Crippen molar-refractivity contribution < 1.29 is 31.5 Å². The quantitative estimate of drug-likeness (QED) is 0.211. The first-order valence-electron chi connectivity index (χ1n) is 15.9. The Labute approximate surface area is 266 Å². The lowest BCUT2D eigenvalue weighted by Crippen LogP contribution is -2.66. The summed E-state index contributed by atoms with van der Waals surface area (Å²) in [6.45, 7) is 7.86. The molecule has 5 fully saturated rings. The Kier molecular flexibility index (Phi) is 7.51. The van der Waals surface area contributed by atoms with Gasteiger partial charge in [0.25, 0.3) is 5.91 Å². The van der Waals surface area contributed by atoms with Crippen LogP contribution in [0, 0.1) is 23.8 Å². The molecule has 16 heteroatoms. The number of nitrogens with zero attached hydrogens (tertiary/aromatic N) is 7. The molecule has 3 aromatic rings. The third kappa shape index (κ3) is 6.40. The van der Waals surface area contributed by atoms with E-state index in [0.717, 1.165) is 32.1 Å². The van der Waals surface area contributed by atoms with E-state index in [9.17, 15) is 31.5 Å². The summed E-state index contributed by atoms with van der Waals surface area (Å²) in [5.41, 5.74) is 1.30. The Bertz CT molecular complexity index is 1710. The van der Waals surface area contributed by atoms with Crippen molar-refractivity contribution >= 4 is 17.5 Å². The van der Waals surface area contributed by atoms with Gasteiger partial charge in [0.05, 0.1) is 49.3 Å². The SMILES string of the molecule is [C-]#[N+]C12CC(Cn3nncc3C(=O)N[C@H](c3cn4ncc([C@H](NC(=O)CCC(F)(F)F)C5CC5)cc4n3)C3CCC(F)(F)CC3)(C1)C2. The van der Waals surface area contributed by atoms with Crippen molar-refractivity contribution in [2.24, 2.45) is 17.3 Å². The molecule has 5 aliphatic carbocycles. The van der Waals surface area contributed by atoms with Gasteiger partial charge in [0.15, 0.2) is 5.65 Å². The van der Waals surface area contributed by atoms with Crippen LogP contribution < -0.4 is 10.6 Å². The van der Waals surface area contributed by atoms with E-state index in [4.69, 9.17) is 11.6 Å². The predicted molar refractivity (Wildman–Crippen MR) is 155 cm³/mol. The fourth-order valence-corrected chi connectivity index (χ4v) is 7.77. The molecule has 250 valence electrons. The second-order valence-corrected chi connectivity index (χ2v) is 14.0. The van der Waals surface area contributed by atoms with Crippen LogP contribution in [0.5, 0.6) is 0 Å². The summed E-state index contributed by atoms with van der Waals surface area (Å²) in [6, 6.07) is 0.451. The molecule has 2 atom stereocenters. The van der Waals surface area contributed by atoms with Crippen LogP contribution in [0.1, 0.15) is 104 Å². The number of rotatable bonds is 11. The van der Waals surface area contributed by atoms with Crippen molar-refractivity contribution in [2.75, 3.05) is 0 Å². The third-order valence-corrected chi connectivity index (χ3v) is 10.3. The molecule has 0 radical (unpaired) electrons. The molecule has 11 nitrogen and oxygen atoms in total. The monoisotopic (exact) mass is 659 g/mol. The van der Waals surface area contributed by atoms with Gasteiger partial charge in [-0.15, -0.1) is 5.10 Å². The highest BCUT2D eigenvalue weighted by molar-refractivity contribution is 5.92. The minimum atomic E-state index is -4.44. The molecule has 0 unspecified atom stereocenters. The number of alkyl halides is 5. The van der Waals surface area contributed by atoms with E-state index in [2.05, 4.69) is 30.9 Å². The van der Waals surface area contributed by atoms with Crippen LogP contribution in [0.25, 0.3) is 10.5 Å². The van der Waals surface area contributed by atoms with Crippen LogP contribution in [-0.4, -0.2) is 59.0 Å². The second kappa shape index (κ2) is 11.2. The van der Waals surface area contributed by atoms with Crippen LogP contribution in [-0.2, 0) is 11.3 Å². The summed E-state index contributed by atoms with van der Waals surface area (Å²) in [4.78, 5) is 34.5. The van der Waals surface area contributed by atoms with E-state index in [1.54, 1.807) is 16.9 Å². The molecule has 0 aromatic carbocycles. The van der Waals surface area contributed by atoms with Gasteiger partial charge >= 0.3 is 6.18 Å². The lowest BCUT2D eigenvalue weighted by Gasteiger charge is -2.61. The highest BCUT2D eigenvalue weighted by atomic mass is 19.4. The van der Waals surface area contributed by atoms with Crippen molar-refractivity contribution in [3.8, 4) is 0 Å². The van der Waals surface area contributed by atoms with Gasteiger partial charge in [0.2, 0.25) is 17.4 Å². The van der Waals surface area contributed by atoms with Crippen molar-refractivity contribution in [3.63, 3.8) is 0 Å². The first-order chi connectivity index (χ1) is 22.2. The molecule has 47 heavy (non-hydrogen) atoms. The average molecular weight is 660 g/mol. The van der Waals surface area contributed by atoms with Crippen LogP contribution in [0.15, 0.2) is 24.7 Å². The normalized spacial score (nSPS) is 26.5. The number of carbonyl (C=O) groups excluding carboxylic acids is 2. The summed E-state index contributed by atoms with van der Waals surface area (Å²) in [7, 11) is 0. The number of imidazole rings is 1. The van der Waals surface area contributed by atoms with E-state index in [1.165, 1.54) is 16.9 Å². The Morgan fingerprint density at radius 2 is 1.74 bits per heavy atom. The Hall–Kier alpha value is -4.16. The average Bonchev–Trinajstić information content (AvgIpc) is 3.56. The standard InChI is InChI=1S/C31H34F5N9O2/c1-37-29-14-28(15-29,16-29)17-45-22(12-38-43-45)27(47)42-26(19-4-7-30(32,33)8-5-19)21-13-44-23(40-21)10-20(11-39-44)25(18-2-3-18)41-24(46)6-9-31(34,35)36/h10-13,18-19,25-26H,2-9,14-17H2,(H,41,46)(H,42,47)/t25-,26+,28?,29?/m1/s1. The minimum Gasteiger partial charge on any atom is -0.349 e. The number of nitrogens with one attached hydrogen (secondary N) is 2. The molecule has 0 saturated heterocycles. The molecule has 2 N–H and O–H groups in total. The minimum absolute atomic E-state index is 0.0649. The van der Waals surface area contributed by atoms with E-state index in [-0.39, 0.29) is 54.2 Å². The van der Waals surface area contributed by atoms with Crippen molar-refractivity contribution in [1.29, 1.82) is 0 Å². The van der Waals surface area contributed by atoms with Gasteiger partial charge in [-0.25, -0.2) is 29.5 Å². The smallest absolute Gasteiger partial charge is 0.349 e. The maximum atomic E-state index is 14.1. The molecule has 5 saturated carbocycles. The van der Waals surface area contributed by atoms with Crippen molar-refractivity contribution in [2.45, 2.75) is 107 Å². The lowest BCUT2D eigenvalue weighted by molar-refractivity contribution is -0.144. The Morgan fingerprint density at radius 1 is 1.04 bits per heavy atom. The van der Waals surface area contributed by atoms with Gasteiger partial charge in [-0.3, -0.25) is 9.59 Å². The molecular formula is C31H34F5N9O2. The molecule has 0 aliphatic heterocycles. The summed E-state index contributed by atoms with van der Waals surface area (Å²) in [5.74, 6) is -4.22. The molecule has 3 aromatic heterocycles. The second-order valence-electron chi connectivity index (χ2n) is 14.0. The van der Waals surface area contributed by atoms with Gasteiger partial charge in [0, 0.05) is 43.9 Å². The summed E-state index contributed by atoms with van der Waals surface area (Å²) < 4.78 is 69.3. The Morgan fingerprint density at radius 3 is 2.40 bits per heavy atom. The first-order valence-corrected chi connectivity index (χ1v) is 15.9. The van der Waals surface area contributed by atoms with Gasteiger partial charge in [-0.1, -0.05) is 5.21 Å². The molecule has 0 spiro atoms. The van der Waals surface area contributed by atoms with Gasteiger partial charge in [0.1, 0.15) is 5.69 Å². The fourth-order valence-electron chi connectivity index (χ4n) is 7.77. The number of amides is 2. The summed E-state index contributed by atoms with van der Waals surface area (Å²) in [6.07, 6.45) is 1.82. The van der Waals surface area contributed by atoms with E-state index >= 15 is 0 Å². The lowest BCUT2D eigenvalue weighted by atomic mass is 9.39. The van der Waals surface area contributed by atoms with Crippen LogP contribution >= 0.6 is 0 Å². The van der Waals surface area contributed by atoms with Crippen LogP contribution in [0.3, 0.4) is 0 Å². The van der Waals surface area contributed by atoms with E-state index in [0.29, 0.717) is 23.4 Å². The Balaban J connectivity index is 1.11. The summed E-state index contributed by atoms with van der Waals surface area (Å²) in [5, 5.41) is 18.3. The van der Waals surface area contributed by atoms with Gasteiger partial charge < -0.3 is 15.5 Å². The zero-order chi connectivity index (χ0) is 33.2. The third-order valence-electron chi connectivity index (χ3n) is 10.3. The molecule has 8 rings (SSSR count). The number of hydrogen-bond donors (Lipinski definition) is 2. The molecular weight excluding hydrogens is 625 g/mol. The summed E-state index contributed by atoms with van der Waals surface area (Å²) >= 11 is 0. The number of carbonyl (C=O) groups is 2.